The summed E-state index contributed by atoms with van der Waals surface area (Å²) in [4.78, 5) is 2.32. The van der Waals surface area contributed by atoms with Crippen LogP contribution in [-0.4, -0.2) is 37.6 Å². The summed E-state index contributed by atoms with van der Waals surface area (Å²) in [5, 5.41) is 3.50. The van der Waals surface area contributed by atoms with Crippen molar-refractivity contribution in [3.8, 4) is 12.3 Å². The van der Waals surface area contributed by atoms with Crippen LogP contribution >= 0.6 is 0 Å². The predicted molar refractivity (Wildman–Crippen MR) is 70.1 cm³/mol. The van der Waals surface area contributed by atoms with Gasteiger partial charge in [-0.25, -0.2) is 0 Å². The van der Waals surface area contributed by atoms with Crippen LogP contribution in [0.15, 0.2) is 0 Å². The van der Waals surface area contributed by atoms with Crippen molar-refractivity contribution in [3.05, 3.63) is 0 Å². The van der Waals surface area contributed by atoms with Crippen LogP contribution in [0.25, 0.3) is 0 Å². The molecule has 1 fully saturated rings. The smallest absolute Gasteiger partial charge is 0.0214 e. The first-order valence-corrected chi connectivity index (χ1v) is 6.18. The van der Waals surface area contributed by atoms with E-state index in [9.17, 15) is 0 Å². The molecule has 1 aliphatic heterocycles. The Hall–Kier alpha value is -0.520. The van der Waals surface area contributed by atoms with Crippen LogP contribution in [0.5, 0.6) is 0 Å². The van der Waals surface area contributed by atoms with Gasteiger partial charge in [-0.2, -0.15) is 0 Å². The summed E-state index contributed by atoms with van der Waals surface area (Å²) in [7, 11) is 2.15. The van der Waals surface area contributed by atoms with Crippen molar-refractivity contribution in [3.63, 3.8) is 0 Å². The summed E-state index contributed by atoms with van der Waals surface area (Å²) in [6, 6.07) is 0.758. The molecule has 1 heterocycles. The molecule has 0 bridgehead atoms. The Labute approximate surface area is 96.9 Å². The molecule has 1 atom stereocenters. The van der Waals surface area contributed by atoms with Gasteiger partial charge in [0.2, 0.25) is 0 Å². The topological polar surface area (TPSA) is 15.3 Å². The van der Waals surface area contributed by atoms with E-state index in [0.29, 0.717) is 0 Å². The molecule has 1 rings (SSSR count). The third kappa shape index (κ3) is 7.41. The van der Waals surface area contributed by atoms with Crippen LogP contribution < -0.4 is 5.32 Å². The van der Waals surface area contributed by atoms with Gasteiger partial charge in [0, 0.05) is 20.4 Å². The Morgan fingerprint density at radius 1 is 1.47 bits per heavy atom. The Kier molecular flexibility index (Phi) is 9.67. The fourth-order valence-corrected chi connectivity index (χ4v) is 1.75. The molecule has 15 heavy (non-hydrogen) atoms. The first kappa shape index (κ1) is 14.5. The van der Waals surface area contributed by atoms with E-state index in [4.69, 9.17) is 6.42 Å². The van der Waals surface area contributed by atoms with Gasteiger partial charge in [0.1, 0.15) is 0 Å². The lowest BCUT2D eigenvalue weighted by Gasteiger charge is -2.17. The molecule has 0 aromatic carbocycles. The largest absolute Gasteiger partial charge is 0.314 e. The fraction of sp³-hybridized carbons (Fsp3) is 0.846. The molecule has 1 N–H and O–H groups in total. The zero-order chi connectivity index (χ0) is 11.5. The van der Waals surface area contributed by atoms with Gasteiger partial charge in [-0.1, -0.05) is 13.8 Å². The van der Waals surface area contributed by atoms with Crippen molar-refractivity contribution in [2.45, 2.75) is 45.6 Å². The first-order valence-electron chi connectivity index (χ1n) is 6.18. The van der Waals surface area contributed by atoms with Gasteiger partial charge >= 0.3 is 0 Å². The molecule has 0 radical (unpaired) electrons. The molecule has 0 amide bonds. The number of nitrogens with one attached hydrogen (secondary N) is 1. The van der Waals surface area contributed by atoms with E-state index in [1.807, 2.05) is 13.8 Å². The number of terminal acetylenes is 1. The fourth-order valence-electron chi connectivity index (χ4n) is 1.75. The molecule has 1 unspecified atom stereocenters. The molecule has 90 valence electrons. The van der Waals surface area contributed by atoms with Gasteiger partial charge in [0.25, 0.3) is 0 Å². The second-order valence-electron chi connectivity index (χ2n) is 3.84. The molecule has 0 aromatic rings. The number of rotatable bonds is 5. The molecule has 0 aliphatic carbocycles. The van der Waals surface area contributed by atoms with E-state index in [-0.39, 0.29) is 1.43 Å². The minimum absolute atomic E-state index is 0. The average Bonchev–Trinajstić information content (AvgIpc) is 2.79. The molecule has 1 saturated heterocycles. The molecule has 0 spiro atoms. The summed E-state index contributed by atoms with van der Waals surface area (Å²) in [5.41, 5.74) is 0. The Bertz CT molecular complexity index is 171. The second-order valence-corrected chi connectivity index (χ2v) is 3.84. The van der Waals surface area contributed by atoms with E-state index in [1.165, 1.54) is 32.4 Å². The highest BCUT2D eigenvalue weighted by Gasteiger charge is 2.13. The Balaban J connectivity index is 0. The molecule has 1 aliphatic rings. The van der Waals surface area contributed by atoms with E-state index < -0.39 is 0 Å². The Morgan fingerprint density at radius 2 is 2.20 bits per heavy atom. The monoisotopic (exact) mass is 212 g/mol. The highest BCUT2D eigenvalue weighted by molar-refractivity contribution is 4.84. The van der Waals surface area contributed by atoms with Gasteiger partial charge in [0.15, 0.2) is 0 Å². The van der Waals surface area contributed by atoms with Crippen molar-refractivity contribution in [2.24, 2.45) is 0 Å². The third-order valence-electron chi connectivity index (χ3n) is 2.66. The van der Waals surface area contributed by atoms with Gasteiger partial charge < -0.3 is 10.2 Å². The summed E-state index contributed by atoms with van der Waals surface area (Å²) in [6.45, 7) is 7.40. The van der Waals surface area contributed by atoms with Crippen LogP contribution in [0.3, 0.4) is 0 Å². The maximum Gasteiger partial charge on any atom is 0.0214 e. The quantitative estimate of drug-likeness (QED) is 0.704. The van der Waals surface area contributed by atoms with Crippen LogP contribution in [0, 0.1) is 12.3 Å². The predicted octanol–water partition coefficient (Wildman–Crippen LogP) is 2.36. The molecule has 0 aromatic heterocycles. The van der Waals surface area contributed by atoms with Crippen LogP contribution in [-0.2, 0) is 0 Å². The lowest BCUT2D eigenvalue weighted by Crippen LogP contribution is -2.28. The molecular formula is C13H28N2. The van der Waals surface area contributed by atoms with Crippen molar-refractivity contribution >= 4 is 0 Å². The standard InChI is InChI=1S/C11H20N2.C2H6.H2/c1-3-4-9-13(2)10-7-11-6-5-8-12-11;1-2;/h1,11-12H,4-10H2,2H3;1-2H3;1H. The number of hydrogen-bond acceptors (Lipinski definition) is 2. The first-order chi connectivity index (χ1) is 7.33. The Morgan fingerprint density at radius 3 is 2.73 bits per heavy atom. The zero-order valence-electron chi connectivity index (χ0n) is 10.6. The maximum atomic E-state index is 5.21. The SMILES string of the molecule is C#CCCN(C)CCC1CCCN1.CC.[HH]. The molecular weight excluding hydrogens is 184 g/mol. The van der Waals surface area contributed by atoms with E-state index in [2.05, 4.69) is 23.2 Å². The van der Waals surface area contributed by atoms with Crippen LogP contribution in [0.1, 0.15) is 41.0 Å². The van der Waals surface area contributed by atoms with Crippen LogP contribution in [0.4, 0.5) is 0 Å². The second kappa shape index (κ2) is 10.0. The molecule has 2 nitrogen and oxygen atoms in total. The maximum absolute atomic E-state index is 5.21. The minimum atomic E-state index is 0. The summed E-state index contributed by atoms with van der Waals surface area (Å²) in [5.74, 6) is 2.67. The highest BCUT2D eigenvalue weighted by atomic mass is 15.1. The van der Waals surface area contributed by atoms with Crippen molar-refractivity contribution in [1.29, 1.82) is 0 Å². The van der Waals surface area contributed by atoms with Crippen LogP contribution in [0.2, 0.25) is 0 Å². The molecule has 0 saturated carbocycles. The highest BCUT2D eigenvalue weighted by Crippen LogP contribution is 2.08. The van der Waals surface area contributed by atoms with Gasteiger partial charge in [-0.05, 0) is 39.4 Å². The average molecular weight is 212 g/mol. The summed E-state index contributed by atoms with van der Waals surface area (Å²) in [6.07, 6.45) is 10.0. The van der Waals surface area contributed by atoms with Crippen molar-refractivity contribution in [2.75, 3.05) is 26.7 Å². The lowest BCUT2D eigenvalue weighted by molar-refractivity contribution is 0.319. The number of hydrogen-bond donors (Lipinski definition) is 1. The van der Waals surface area contributed by atoms with E-state index >= 15 is 0 Å². The molecule has 2 heteroatoms. The van der Waals surface area contributed by atoms with Crippen molar-refractivity contribution in [1.82, 2.24) is 10.2 Å². The van der Waals surface area contributed by atoms with E-state index in [0.717, 1.165) is 19.0 Å². The van der Waals surface area contributed by atoms with Gasteiger partial charge in [-0.3, -0.25) is 0 Å². The third-order valence-corrected chi connectivity index (χ3v) is 2.66. The van der Waals surface area contributed by atoms with Crippen molar-refractivity contribution < 1.29 is 1.43 Å². The van der Waals surface area contributed by atoms with E-state index in [1.54, 1.807) is 0 Å². The summed E-state index contributed by atoms with van der Waals surface area (Å²) >= 11 is 0. The van der Waals surface area contributed by atoms with Gasteiger partial charge in [-0.15, -0.1) is 12.3 Å². The van der Waals surface area contributed by atoms with Gasteiger partial charge in [0.05, 0.1) is 0 Å². The lowest BCUT2D eigenvalue weighted by atomic mass is 10.1. The number of nitrogens with zero attached hydrogens (tertiary/aromatic N) is 1. The summed E-state index contributed by atoms with van der Waals surface area (Å²) < 4.78 is 0. The zero-order valence-corrected chi connectivity index (χ0v) is 10.6. The minimum Gasteiger partial charge on any atom is -0.314 e. The normalized spacial score (nSPS) is 19.5.